The third-order valence-corrected chi connectivity index (χ3v) is 3.85. The summed E-state index contributed by atoms with van der Waals surface area (Å²) in [6.07, 6.45) is 8.48. The maximum Gasteiger partial charge on any atom is 0.129 e. The molecule has 0 spiro atoms. The molecule has 1 unspecified atom stereocenters. The van der Waals surface area contributed by atoms with E-state index in [-0.39, 0.29) is 0 Å². The summed E-state index contributed by atoms with van der Waals surface area (Å²) in [4.78, 5) is 6.65. The van der Waals surface area contributed by atoms with Crippen LogP contribution >= 0.6 is 11.6 Å². The highest BCUT2D eigenvalue weighted by Crippen LogP contribution is 2.21. The van der Waals surface area contributed by atoms with Crippen molar-refractivity contribution in [1.29, 1.82) is 0 Å². The molecule has 2 nitrogen and oxygen atoms in total. The van der Waals surface area contributed by atoms with Crippen molar-refractivity contribution in [3.8, 4) is 0 Å². The second-order valence-electron chi connectivity index (χ2n) is 4.87. The van der Waals surface area contributed by atoms with Gasteiger partial charge in [-0.25, -0.2) is 4.98 Å². The van der Waals surface area contributed by atoms with Crippen molar-refractivity contribution < 1.29 is 0 Å². The molecule has 1 atom stereocenters. The van der Waals surface area contributed by atoms with E-state index < -0.39 is 0 Å². The summed E-state index contributed by atoms with van der Waals surface area (Å²) < 4.78 is 0. The van der Waals surface area contributed by atoms with Crippen molar-refractivity contribution in [2.75, 3.05) is 6.54 Å². The van der Waals surface area contributed by atoms with Gasteiger partial charge in [0.15, 0.2) is 0 Å². The summed E-state index contributed by atoms with van der Waals surface area (Å²) in [5.41, 5.74) is 1.28. The molecule has 2 heterocycles. The number of hydrogen-bond acceptors (Lipinski definition) is 2. The monoisotopic (exact) mass is 252 g/mol. The highest BCUT2D eigenvalue weighted by molar-refractivity contribution is 6.29. The van der Waals surface area contributed by atoms with Crippen LogP contribution in [0.15, 0.2) is 18.3 Å². The average Bonchev–Trinajstić information content (AvgIpc) is 2.54. The molecule has 94 valence electrons. The van der Waals surface area contributed by atoms with Gasteiger partial charge in [0.2, 0.25) is 0 Å². The molecule has 0 aliphatic carbocycles. The van der Waals surface area contributed by atoms with Crippen LogP contribution in [0.3, 0.4) is 0 Å². The van der Waals surface area contributed by atoms with Crippen LogP contribution in [0.2, 0.25) is 5.15 Å². The first-order valence-electron chi connectivity index (χ1n) is 6.64. The Balaban J connectivity index is 2.04. The van der Waals surface area contributed by atoms with Crippen LogP contribution in [0, 0.1) is 0 Å². The van der Waals surface area contributed by atoms with Gasteiger partial charge in [-0.2, -0.15) is 0 Å². The van der Waals surface area contributed by atoms with Crippen LogP contribution in [-0.4, -0.2) is 22.5 Å². The predicted molar refractivity (Wildman–Crippen MR) is 72.2 cm³/mol. The Morgan fingerprint density at radius 3 is 3.06 bits per heavy atom. The van der Waals surface area contributed by atoms with Crippen molar-refractivity contribution in [1.82, 2.24) is 9.88 Å². The van der Waals surface area contributed by atoms with Crippen molar-refractivity contribution in [3.63, 3.8) is 0 Å². The molecule has 1 saturated heterocycles. The van der Waals surface area contributed by atoms with E-state index in [0.717, 1.165) is 12.6 Å². The molecule has 3 heteroatoms. The molecular formula is C14H21ClN2. The van der Waals surface area contributed by atoms with Crippen LogP contribution < -0.4 is 0 Å². The molecule has 0 bridgehead atoms. The van der Waals surface area contributed by atoms with E-state index in [0.29, 0.717) is 5.15 Å². The van der Waals surface area contributed by atoms with E-state index in [2.05, 4.69) is 22.9 Å². The predicted octanol–water partition coefficient (Wildman–Crippen LogP) is 3.89. The van der Waals surface area contributed by atoms with Crippen LogP contribution in [0.5, 0.6) is 0 Å². The van der Waals surface area contributed by atoms with Crippen LogP contribution in [-0.2, 0) is 6.54 Å². The Morgan fingerprint density at radius 1 is 1.41 bits per heavy atom. The Kier molecular flexibility index (Phi) is 4.81. The summed E-state index contributed by atoms with van der Waals surface area (Å²) in [5.74, 6) is 0. The molecule has 1 aliphatic rings. The van der Waals surface area contributed by atoms with E-state index in [1.54, 1.807) is 6.20 Å². The minimum absolute atomic E-state index is 0.602. The molecule has 17 heavy (non-hydrogen) atoms. The van der Waals surface area contributed by atoms with E-state index >= 15 is 0 Å². The standard InChI is InChI=1S/C14H21ClN2/c1-2-13-6-4-3-5-9-17(13)11-12-7-8-16-14(15)10-12/h7-8,10,13H,2-6,9,11H2,1H3. The first-order chi connectivity index (χ1) is 8.29. The fraction of sp³-hybridized carbons (Fsp3) is 0.643. The van der Waals surface area contributed by atoms with Gasteiger partial charge in [-0.05, 0) is 43.5 Å². The van der Waals surface area contributed by atoms with E-state index in [1.807, 2.05) is 6.07 Å². The minimum atomic E-state index is 0.602. The van der Waals surface area contributed by atoms with Crippen molar-refractivity contribution in [2.45, 2.75) is 51.6 Å². The number of likely N-dealkylation sites (tertiary alicyclic amines) is 1. The molecule has 0 aromatic carbocycles. The molecular weight excluding hydrogens is 232 g/mol. The van der Waals surface area contributed by atoms with Gasteiger partial charge < -0.3 is 0 Å². The van der Waals surface area contributed by atoms with Gasteiger partial charge in [0.1, 0.15) is 5.15 Å². The zero-order chi connectivity index (χ0) is 12.1. The van der Waals surface area contributed by atoms with Crippen molar-refractivity contribution >= 4 is 11.6 Å². The number of hydrogen-bond donors (Lipinski definition) is 0. The lowest BCUT2D eigenvalue weighted by Crippen LogP contribution is -2.33. The first kappa shape index (κ1) is 12.8. The van der Waals surface area contributed by atoms with Crippen LogP contribution in [0.1, 0.15) is 44.6 Å². The Bertz CT molecular complexity index is 354. The zero-order valence-corrected chi connectivity index (χ0v) is 11.3. The fourth-order valence-corrected chi connectivity index (χ4v) is 2.88. The van der Waals surface area contributed by atoms with Crippen molar-refractivity contribution in [3.05, 3.63) is 29.0 Å². The normalized spacial score (nSPS) is 22.4. The molecule has 0 saturated carbocycles. The highest BCUT2D eigenvalue weighted by atomic mass is 35.5. The van der Waals surface area contributed by atoms with Gasteiger partial charge in [-0.15, -0.1) is 0 Å². The third kappa shape index (κ3) is 3.68. The lowest BCUT2D eigenvalue weighted by atomic mass is 10.1. The Labute approximate surface area is 109 Å². The summed E-state index contributed by atoms with van der Waals surface area (Å²) >= 11 is 5.94. The summed E-state index contributed by atoms with van der Waals surface area (Å²) in [6, 6.07) is 4.80. The largest absolute Gasteiger partial charge is 0.296 e. The number of pyridine rings is 1. The SMILES string of the molecule is CCC1CCCCCN1Cc1ccnc(Cl)c1. The molecule has 0 radical (unpaired) electrons. The van der Waals surface area contributed by atoms with Gasteiger partial charge in [-0.3, -0.25) is 4.90 Å². The zero-order valence-electron chi connectivity index (χ0n) is 10.5. The third-order valence-electron chi connectivity index (χ3n) is 3.65. The maximum absolute atomic E-state index is 5.94. The quantitative estimate of drug-likeness (QED) is 0.759. The Hall–Kier alpha value is -0.600. The first-order valence-corrected chi connectivity index (χ1v) is 7.02. The van der Waals surface area contributed by atoms with E-state index in [1.165, 1.54) is 44.2 Å². The topological polar surface area (TPSA) is 16.1 Å². The molecule has 1 fully saturated rings. The average molecular weight is 253 g/mol. The Morgan fingerprint density at radius 2 is 2.29 bits per heavy atom. The van der Waals surface area contributed by atoms with Gasteiger partial charge in [0, 0.05) is 18.8 Å². The van der Waals surface area contributed by atoms with Crippen LogP contribution in [0.25, 0.3) is 0 Å². The second kappa shape index (κ2) is 6.36. The molecule has 1 aromatic rings. The number of nitrogens with zero attached hydrogens (tertiary/aromatic N) is 2. The molecule has 0 amide bonds. The summed E-state index contributed by atoms with van der Waals surface area (Å²) in [7, 11) is 0. The van der Waals surface area contributed by atoms with Crippen LogP contribution in [0.4, 0.5) is 0 Å². The molecule has 2 rings (SSSR count). The number of rotatable bonds is 3. The lowest BCUT2D eigenvalue weighted by Gasteiger charge is -2.29. The molecule has 1 aliphatic heterocycles. The number of aromatic nitrogens is 1. The smallest absolute Gasteiger partial charge is 0.129 e. The highest BCUT2D eigenvalue weighted by Gasteiger charge is 2.19. The van der Waals surface area contributed by atoms with E-state index in [9.17, 15) is 0 Å². The minimum Gasteiger partial charge on any atom is -0.296 e. The fourth-order valence-electron chi connectivity index (χ4n) is 2.68. The van der Waals surface area contributed by atoms with Gasteiger partial charge in [-0.1, -0.05) is 31.4 Å². The molecule has 0 N–H and O–H groups in total. The van der Waals surface area contributed by atoms with E-state index in [4.69, 9.17) is 11.6 Å². The lowest BCUT2D eigenvalue weighted by molar-refractivity contribution is 0.186. The molecule has 1 aromatic heterocycles. The summed E-state index contributed by atoms with van der Waals surface area (Å²) in [6.45, 7) is 4.53. The summed E-state index contributed by atoms with van der Waals surface area (Å²) in [5, 5.41) is 0.602. The van der Waals surface area contributed by atoms with Crippen molar-refractivity contribution in [2.24, 2.45) is 0 Å². The maximum atomic E-state index is 5.94. The van der Waals surface area contributed by atoms with Gasteiger partial charge in [0.05, 0.1) is 0 Å². The van der Waals surface area contributed by atoms with Gasteiger partial charge >= 0.3 is 0 Å². The van der Waals surface area contributed by atoms with Gasteiger partial charge in [0.25, 0.3) is 0 Å². The second-order valence-corrected chi connectivity index (χ2v) is 5.26. The number of halogens is 1.